The van der Waals surface area contributed by atoms with Crippen molar-refractivity contribution in [1.29, 1.82) is 0 Å². The van der Waals surface area contributed by atoms with Crippen LogP contribution in [0.15, 0.2) is 59.3 Å². The highest BCUT2D eigenvalue weighted by Gasteiger charge is 2.20. The van der Waals surface area contributed by atoms with E-state index in [2.05, 4.69) is 37.0 Å². The Kier molecular flexibility index (Phi) is 8.30. The van der Waals surface area contributed by atoms with E-state index in [1.807, 2.05) is 41.9 Å². The molecule has 0 saturated carbocycles. The predicted octanol–water partition coefficient (Wildman–Crippen LogP) is 3.83. The van der Waals surface area contributed by atoms with Crippen LogP contribution in [-0.2, 0) is 4.79 Å². The summed E-state index contributed by atoms with van der Waals surface area (Å²) in [5.74, 6) is 2.33. The molecular weight excluding hydrogens is 508 g/mol. The molecule has 2 aliphatic heterocycles. The van der Waals surface area contributed by atoms with Crippen molar-refractivity contribution < 1.29 is 14.3 Å². The summed E-state index contributed by atoms with van der Waals surface area (Å²) in [5.41, 5.74) is 3.90. The van der Waals surface area contributed by atoms with Crippen molar-refractivity contribution in [3.8, 4) is 11.5 Å². The number of fused-ring (bicyclic) bond motifs is 1. The van der Waals surface area contributed by atoms with E-state index < -0.39 is 0 Å². The minimum absolute atomic E-state index is 0.289. The van der Waals surface area contributed by atoms with E-state index >= 15 is 0 Å². The zero-order valence-corrected chi connectivity index (χ0v) is 23.3. The maximum absolute atomic E-state index is 12.3. The minimum atomic E-state index is -0.289. The second kappa shape index (κ2) is 12.2. The van der Waals surface area contributed by atoms with Crippen LogP contribution in [0.5, 0.6) is 11.5 Å². The first-order valence-electron chi connectivity index (χ1n) is 13.5. The van der Waals surface area contributed by atoms with E-state index in [1.54, 1.807) is 20.5 Å². The van der Waals surface area contributed by atoms with Gasteiger partial charge in [0.1, 0.15) is 23.7 Å². The smallest absolute Gasteiger partial charge is 0.247 e. The van der Waals surface area contributed by atoms with Gasteiger partial charge >= 0.3 is 0 Å². The van der Waals surface area contributed by atoms with Crippen molar-refractivity contribution in [2.24, 2.45) is 9.98 Å². The number of likely N-dealkylation sites (N-methyl/N-ethyl adjacent to an activating group) is 1. The summed E-state index contributed by atoms with van der Waals surface area (Å²) < 4.78 is 13.1. The third kappa shape index (κ3) is 5.94. The number of amides is 1. The number of guanidine groups is 1. The number of anilines is 3. The molecule has 0 spiro atoms. The van der Waals surface area contributed by atoms with Crippen LogP contribution in [0, 0.1) is 0 Å². The summed E-state index contributed by atoms with van der Waals surface area (Å²) in [6.45, 7) is 8.21. The number of hydrogen-bond donors (Lipinski definition) is 2. The van der Waals surface area contributed by atoms with Gasteiger partial charge in [0.2, 0.25) is 11.9 Å². The first-order valence-corrected chi connectivity index (χ1v) is 13.5. The Labute approximate surface area is 234 Å². The van der Waals surface area contributed by atoms with Crippen LogP contribution in [0.2, 0.25) is 0 Å². The molecule has 1 aromatic heterocycles. The molecular formula is C29H36N8O3. The molecule has 0 atom stereocenters. The third-order valence-electron chi connectivity index (χ3n) is 7.23. The number of ether oxygens (including phenoxy) is 2. The van der Waals surface area contributed by atoms with E-state index in [4.69, 9.17) is 14.5 Å². The number of methoxy groups -OCH3 is 2. The van der Waals surface area contributed by atoms with Gasteiger partial charge in [-0.3, -0.25) is 14.4 Å². The number of benzene rings is 2. The number of imidazole rings is 1. The molecule has 1 fully saturated rings. The molecule has 2 aliphatic rings. The van der Waals surface area contributed by atoms with Crippen LogP contribution in [-0.4, -0.2) is 86.1 Å². The van der Waals surface area contributed by atoms with E-state index in [1.165, 1.54) is 18.9 Å². The number of aromatic nitrogens is 2. The number of nitrogens with one attached hydrogen (secondary N) is 2. The van der Waals surface area contributed by atoms with Gasteiger partial charge in [-0.15, -0.1) is 0 Å². The highest BCUT2D eigenvalue weighted by Crippen LogP contribution is 2.37. The normalized spacial score (nSPS) is 15.4. The molecule has 210 valence electrons. The quantitative estimate of drug-likeness (QED) is 0.394. The number of aliphatic imine (C=N–C) groups is 2. The average molecular weight is 545 g/mol. The number of hydrogen-bond acceptors (Lipinski definition) is 9. The Morgan fingerprint density at radius 2 is 1.98 bits per heavy atom. The van der Waals surface area contributed by atoms with E-state index in [-0.39, 0.29) is 5.91 Å². The lowest BCUT2D eigenvalue weighted by atomic mass is 10.2. The molecule has 0 unspecified atom stereocenters. The fourth-order valence-corrected chi connectivity index (χ4v) is 5.01. The van der Waals surface area contributed by atoms with Crippen LogP contribution >= 0.6 is 0 Å². The predicted molar refractivity (Wildman–Crippen MR) is 160 cm³/mol. The second-order valence-corrected chi connectivity index (χ2v) is 9.81. The fraction of sp³-hybridized carbons (Fsp3) is 0.379. The molecule has 2 N–H and O–H groups in total. The lowest BCUT2D eigenvalue weighted by Gasteiger charge is -2.27. The van der Waals surface area contributed by atoms with Gasteiger partial charge in [0.25, 0.3) is 0 Å². The first kappa shape index (κ1) is 27.2. The van der Waals surface area contributed by atoms with Gasteiger partial charge in [-0.05, 0) is 50.2 Å². The van der Waals surface area contributed by atoms with Crippen molar-refractivity contribution in [2.75, 3.05) is 69.5 Å². The molecule has 3 heterocycles. The van der Waals surface area contributed by atoms with E-state index in [9.17, 15) is 4.79 Å². The van der Waals surface area contributed by atoms with Crippen LogP contribution in [0.4, 0.5) is 17.1 Å². The summed E-state index contributed by atoms with van der Waals surface area (Å²) >= 11 is 0. The summed E-state index contributed by atoms with van der Waals surface area (Å²) in [6, 6.07) is 9.54. The number of likely N-dealkylation sites (tertiary alicyclic amines) is 1. The molecule has 3 aromatic rings. The molecule has 1 amide bonds. The Morgan fingerprint density at radius 3 is 2.73 bits per heavy atom. The number of carbonyl (C=O) groups excluding carboxylic acids is 1. The fourth-order valence-electron chi connectivity index (χ4n) is 5.01. The summed E-state index contributed by atoms with van der Waals surface area (Å²) in [4.78, 5) is 30.8. The molecule has 2 aromatic carbocycles. The maximum atomic E-state index is 12.3. The summed E-state index contributed by atoms with van der Waals surface area (Å²) in [7, 11) is 5.29. The van der Waals surface area contributed by atoms with E-state index in [0.29, 0.717) is 36.0 Å². The second-order valence-electron chi connectivity index (χ2n) is 9.81. The van der Waals surface area contributed by atoms with Gasteiger partial charge in [0.05, 0.1) is 42.3 Å². The molecule has 11 heteroatoms. The van der Waals surface area contributed by atoms with E-state index in [0.717, 1.165) is 54.5 Å². The molecule has 0 aliphatic carbocycles. The van der Waals surface area contributed by atoms with Crippen molar-refractivity contribution in [1.82, 2.24) is 14.5 Å². The van der Waals surface area contributed by atoms with Gasteiger partial charge in [-0.1, -0.05) is 6.58 Å². The lowest BCUT2D eigenvalue weighted by molar-refractivity contribution is -0.111. The standard InChI is InChI=1S/C29H36N8O3/c1-5-28(38)32-22-17-23(26(40-4)18-24(22)35(2)14-15-36-12-6-7-13-36)33-29-30-11-10-27(34-29)37-19-31-21-9-8-20(39-3)16-25(21)37/h5,8-9,16-19H,1,6-7,10-15H2,2-4H3,(H,30,33)(H,32,38). The number of rotatable bonds is 9. The lowest BCUT2D eigenvalue weighted by Crippen LogP contribution is -2.32. The van der Waals surface area contributed by atoms with Crippen molar-refractivity contribution in [3.63, 3.8) is 0 Å². The minimum Gasteiger partial charge on any atom is -0.497 e. The molecule has 40 heavy (non-hydrogen) atoms. The van der Waals surface area contributed by atoms with Crippen molar-refractivity contribution in [3.05, 3.63) is 49.3 Å². The van der Waals surface area contributed by atoms with Gasteiger partial charge in [-0.25, -0.2) is 4.98 Å². The third-order valence-corrected chi connectivity index (χ3v) is 7.23. The van der Waals surface area contributed by atoms with Crippen LogP contribution in [0.3, 0.4) is 0 Å². The molecule has 1 saturated heterocycles. The zero-order chi connectivity index (χ0) is 28.1. The number of nitrogens with zero attached hydrogens (tertiary/aromatic N) is 6. The largest absolute Gasteiger partial charge is 0.497 e. The summed E-state index contributed by atoms with van der Waals surface area (Å²) in [6.07, 6.45) is 6.18. The highest BCUT2D eigenvalue weighted by atomic mass is 16.5. The van der Waals surface area contributed by atoms with Crippen LogP contribution in [0.25, 0.3) is 11.0 Å². The molecule has 0 bridgehead atoms. The van der Waals surface area contributed by atoms with Gasteiger partial charge in [0.15, 0.2) is 0 Å². The molecule has 0 radical (unpaired) electrons. The summed E-state index contributed by atoms with van der Waals surface area (Å²) in [5, 5.41) is 6.27. The topological polar surface area (TPSA) is 109 Å². The van der Waals surface area contributed by atoms with Crippen LogP contribution < -0.4 is 25.0 Å². The molecule has 5 rings (SSSR count). The Bertz CT molecular complexity index is 1450. The van der Waals surface area contributed by atoms with Gasteiger partial charge in [-0.2, -0.15) is 4.99 Å². The van der Waals surface area contributed by atoms with Gasteiger partial charge in [0, 0.05) is 45.2 Å². The monoisotopic (exact) mass is 544 g/mol. The zero-order valence-electron chi connectivity index (χ0n) is 23.3. The van der Waals surface area contributed by atoms with Gasteiger partial charge < -0.3 is 29.9 Å². The Balaban J connectivity index is 1.42. The van der Waals surface area contributed by atoms with Crippen LogP contribution in [0.1, 0.15) is 19.3 Å². The molecule has 11 nitrogen and oxygen atoms in total. The SMILES string of the molecule is C=CC(=O)Nc1cc(NC2=NCCC(n3cnc4ccc(OC)cc43)=N2)c(OC)cc1N(C)CCN1CCCC1. The highest BCUT2D eigenvalue weighted by molar-refractivity contribution is 6.08. The average Bonchev–Trinajstić information content (AvgIpc) is 3.66. The van der Waals surface area contributed by atoms with Crippen molar-refractivity contribution in [2.45, 2.75) is 19.3 Å². The Morgan fingerprint density at radius 1 is 1.15 bits per heavy atom. The Hall–Kier alpha value is -4.38. The van der Waals surface area contributed by atoms with Crippen molar-refractivity contribution >= 4 is 45.8 Å². The first-order chi connectivity index (χ1) is 19.5. The maximum Gasteiger partial charge on any atom is 0.247 e. The number of carbonyl (C=O) groups is 1.